The summed E-state index contributed by atoms with van der Waals surface area (Å²) in [6, 6.07) is 0.0154. The molecule has 0 amide bonds. The molecule has 0 aliphatic carbocycles. The van der Waals surface area contributed by atoms with Gasteiger partial charge in [0.1, 0.15) is 6.29 Å². The third-order valence-electron chi connectivity index (χ3n) is 1.81. The Bertz CT molecular complexity index is 139. The number of nitrogens with one attached hydrogen (secondary N) is 1. The molecule has 70 valence electrons. The Morgan fingerprint density at radius 2 is 2.58 bits per heavy atom. The second kappa shape index (κ2) is 5.56. The molecule has 2 unspecified atom stereocenters. The van der Waals surface area contributed by atoms with Gasteiger partial charge in [-0.25, -0.2) is 0 Å². The van der Waals surface area contributed by atoms with E-state index < -0.39 is 0 Å². The first-order valence-electron chi connectivity index (χ1n) is 4.16. The van der Waals surface area contributed by atoms with Crippen molar-refractivity contribution in [2.75, 3.05) is 25.2 Å². The van der Waals surface area contributed by atoms with Gasteiger partial charge < -0.3 is 14.8 Å². The number of carbonyl (C=O) groups excluding carboxylic acids is 1. The van der Waals surface area contributed by atoms with Gasteiger partial charge >= 0.3 is 0 Å². The molecule has 0 bridgehead atoms. The molecule has 1 aliphatic rings. The Labute approximate surface area is 77.2 Å². The number of ether oxygens (including phenoxy) is 1. The molecule has 12 heavy (non-hydrogen) atoms. The van der Waals surface area contributed by atoms with Crippen LogP contribution in [0.1, 0.15) is 6.42 Å². The first-order chi connectivity index (χ1) is 5.86. The highest BCUT2D eigenvalue weighted by molar-refractivity contribution is 7.98. The minimum absolute atomic E-state index is 0.0154. The minimum Gasteiger partial charge on any atom is -0.372 e. The lowest BCUT2D eigenvalue weighted by Gasteiger charge is -2.09. The zero-order chi connectivity index (χ0) is 8.81. The average Bonchev–Trinajstić information content (AvgIpc) is 2.89. The maximum atomic E-state index is 10.5. The average molecular weight is 189 g/mol. The van der Waals surface area contributed by atoms with E-state index in [0.717, 1.165) is 31.6 Å². The Morgan fingerprint density at radius 3 is 3.08 bits per heavy atom. The fourth-order valence-electron chi connectivity index (χ4n) is 0.932. The molecule has 0 aromatic carbocycles. The molecule has 0 aromatic rings. The van der Waals surface area contributed by atoms with Gasteiger partial charge in [0.25, 0.3) is 0 Å². The highest BCUT2D eigenvalue weighted by atomic mass is 32.2. The first kappa shape index (κ1) is 10.0. The maximum absolute atomic E-state index is 10.5. The van der Waals surface area contributed by atoms with Gasteiger partial charge in [-0.15, -0.1) is 0 Å². The number of rotatable bonds is 7. The number of hydrogen-bond donors (Lipinski definition) is 1. The third kappa shape index (κ3) is 4.09. The highest BCUT2D eigenvalue weighted by Gasteiger charge is 2.22. The molecule has 0 radical (unpaired) electrons. The van der Waals surface area contributed by atoms with Crippen molar-refractivity contribution in [1.29, 1.82) is 0 Å². The van der Waals surface area contributed by atoms with Crippen LogP contribution < -0.4 is 5.32 Å². The van der Waals surface area contributed by atoms with Crippen molar-refractivity contribution in [3.05, 3.63) is 0 Å². The molecule has 4 heteroatoms. The predicted octanol–water partition coefficient (Wildman–Crippen LogP) is 0.295. The van der Waals surface area contributed by atoms with E-state index in [1.165, 1.54) is 0 Å². The standard InChI is InChI=1S/C8H15NO2S/c1-12-3-2-7(5-10)9-4-8-6-11-8/h5,7-9H,2-4,6H2,1H3. The molecular formula is C8H15NO2S. The molecular weight excluding hydrogens is 174 g/mol. The third-order valence-corrected chi connectivity index (χ3v) is 2.45. The summed E-state index contributed by atoms with van der Waals surface area (Å²) in [7, 11) is 0. The number of thioether (sulfide) groups is 1. The largest absolute Gasteiger partial charge is 0.372 e. The van der Waals surface area contributed by atoms with E-state index in [2.05, 4.69) is 5.32 Å². The summed E-state index contributed by atoms with van der Waals surface area (Å²) in [5.74, 6) is 1.03. The van der Waals surface area contributed by atoms with Crippen LogP contribution in [0.15, 0.2) is 0 Å². The fraction of sp³-hybridized carbons (Fsp3) is 0.875. The lowest BCUT2D eigenvalue weighted by atomic mass is 10.2. The summed E-state index contributed by atoms with van der Waals surface area (Å²) in [6.07, 6.45) is 4.31. The predicted molar refractivity (Wildman–Crippen MR) is 50.6 cm³/mol. The van der Waals surface area contributed by atoms with Crippen LogP contribution in [0.2, 0.25) is 0 Å². The monoisotopic (exact) mass is 189 g/mol. The van der Waals surface area contributed by atoms with Gasteiger partial charge in [0.2, 0.25) is 0 Å². The van der Waals surface area contributed by atoms with Crippen molar-refractivity contribution >= 4 is 18.0 Å². The second-order valence-electron chi connectivity index (χ2n) is 2.89. The summed E-state index contributed by atoms with van der Waals surface area (Å²) in [5, 5.41) is 3.16. The van der Waals surface area contributed by atoms with E-state index in [1.54, 1.807) is 11.8 Å². The first-order valence-corrected chi connectivity index (χ1v) is 5.55. The van der Waals surface area contributed by atoms with E-state index >= 15 is 0 Å². The van der Waals surface area contributed by atoms with E-state index in [1.807, 2.05) is 6.26 Å². The van der Waals surface area contributed by atoms with Crippen LogP contribution in [0.5, 0.6) is 0 Å². The Balaban J connectivity index is 2.01. The molecule has 1 saturated heterocycles. The lowest BCUT2D eigenvalue weighted by molar-refractivity contribution is -0.109. The Hall–Kier alpha value is -0.0600. The van der Waals surface area contributed by atoms with Gasteiger partial charge in [0.15, 0.2) is 0 Å². The molecule has 0 saturated carbocycles. The van der Waals surface area contributed by atoms with Crippen LogP contribution in [-0.4, -0.2) is 43.6 Å². The Morgan fingerprint density at radius 1 is 1.83 bits per heavy atom. The quantitative estimate of drug-likeness (QED) is 0.462. The minimum atomic E-state index is 0.0154. The van der Waals surface area contributed by atoms with Crippen molar-refractivity contribution in [3.8, 4) is 0 Å². The Kier molecular flexibility index (Phi) is 4.65. The molecule has 0 spiro atoms. The number of epoxide rings is 1. The summed E-state index contributed by atoms with van der Waals surface area (Å²) in [4.78, 5) is 10.5. The summed E-state index contributed by atoms with van der Waals surface area (Å²) >= 11 is 1.77. The van der Waals surface area contributed by atoms with Gasteiger partial charge in [0, 0.05) is 6.54 Å². The molecule has 1 fully saturated rings. The zero-order valence-corrected chi connectivity index (χ0v) is 8.10. The zero-order valence-electron chi connectivity index (χ0n) is 7.29. The van der Waals surface area contributed by atoms with Gasteiger partial charge in [-0.2, -0.15) is 11.8 Å². The van der Waals surface area contributed by atoms with Crippen LogP contribution in [0, 0.1) is 0 Å². The van der Waals surface area contributed by atoms with Gasteiger partial charge in [-0.3, -0.25) is 0 Å². The van der Waals surface area contributed by atoms with Crippen molar-refractivity contribution in [1.82, 2.24) is 5.32 Å². The number of aldehydes is 1. The van der Waals surface area contributed by atoms with Crippen LogP contribution in [-0.2, 0) is 9.53 Å². The summed E-state index contributed by atoms with van der Waals surface area (Å²) < 4.78 is 5.02. The summed E-state index contributed by atoms with van der Waals surface area (Å²) in [5.41, 5.74) is 0. The second-order valence-corrected chi connectivity index (χ2v) is 3.87. The highest BCUT2D eigenvalue weighted by Crippen LogP contribution is 2.07. The topological polar surface area (TPSA) is 41.6 Å². The van der Waals surface area contributed by atoms with Gasteiger partial charge in [-0.1, -0.05) is 0 Å². The summed E-state index contributed by atoms with van der Waals surface area (Å²) in [6.45, 7) is 1.67. The van der Waals surface area contributed by atoms with Crippen LogP contribution in [0.25, 0.3) is 0 Å². The van der Waals surface area contributed by atoms with Crippen molar-refractivity contribution in [2.45, 2.75) is 18.6 Å². The number of carbonyl (C=O) groups is 1. The van der Waals surface area contributed by atoms with E-state index in [4.69, 9.17) is 4.74 Å². The van der Waals surface area contributed by atoms with E-state index in [0.29, 0.717) is 6.10 Å². The fourth-order valence-corrected chi connectivity index (χ4v) is 1.42. The lowest BCUT2D eigenvalue weighted by Crippen LogP contribution is -2.33. The van der Waals surface area contributed by atoms with E-state index in [-0.39, 0.29) is 6.04 Å². The van der Waals surface area contributed by atoms with Gasteiger partial charge in [-0.05, 0) is 18.4 Å². The van der Waals surface area contributed by atoms with Crippen LogP contribution in [0.4, 0.5) is 0 Å². The molecule has 2 atom stereocenters. The normalized spacial score (nSPS) is 23.6. The van der Waals surface area contributed by atoms with Crippen molar-refractivity contribution in [2.24, 2.45) is 0 Å². The van der Waals surface area contributed by atoms with Crippen LogP contribution >= 0.6 is 11.8 Å². The van der Waals surface area contributed by atoms with Crippen molar-refractivity contribution < 1.29 is 9.53 Å². The van der Waals surface area contributed by atoms with E-state index in [9.17, 15) is 4.79 Å². The molecule has 1 heterocycles. The molecule has 1 N–H and O–H groups in total. The SMILES string of the molecule is CSCCC(C=O)NCC1CO1. The molecule has 0 aromatic heterocycles. The van der Waals surface area contributed by atoms with Crippen molar-refractivity contribution in [3.63, 3.8) is 0 Å². The molecule has 1 rings (SSSR count). The molecule has 3 nitrogen and oxygen atoms in total. The van der Waals surface area contributed by atoms with Crippen LogP contribution in [0.3, 0.4) is 0 Å². The maximum Gasteiger partial charge on any atom is 0.136 e. The number of hydrogen-bond acceptors (Lipinski definition) is 4. The molecule has 1 aliphatic heterocycles. The smallest absolute Gasteiger partial charge is 0.136 e. The van der Waals surface area contributed by atoms with Gasteiger partial charge in [0.05, 0.1) is 18.8 Å².